The fraction of sp³-hybridized carbons (Fsp3) is 0.500. The smallest absolute Gasteiger partial charge is 0.298 e. The van der Waals surface area contributed by atoms with Crippen molar-refractivity contribution >= 4 is 33.6 Å². The molecule has 2 saturated heterocycles. The number of likely N-dealkylation sites (N-methyl/N-ethyl adjacent to an activating group) is 1. The number of ketones is 1. The number of hydrogen-bond donors (Lipinski definition) is 1. The van der Waals surface area contributed by atoms with Crippen molar-refractivity contribution in [2.75, 3.05) is 26.7 Å². The Labute approximate surface area is 185 Å². The monoisotopic (exact) mass is 465 g/mol. The van der Waals surface area contributed by atoms with Crippen LogP contribution in [0, 0.1) is 5.82 Å². The molecule has 172 valence electrons. The highest BCUT2D eigenvalue weighted by atomic mass is 32.2. The van der Waals surface area contributed by atoms with E-state index < -0.39 is 45.7 Å². The zero-order chi connectivity index (χ0) is 23.0. The third kappa shape index (κ3) is 4.05. The van der Waals surface area contributed by atoms with Gasteiger partial charge in [-0.1, -0.05) is 12.1 Å². The number of benzene rings is 1. The number of nitrogens with one attached hydrogen (secondary N) is 1. The Hall–Kier alpha value is -2.70. The van der Waals surface area contributed by atoms with Crippen molar-refractivity contribution in [2.45, 2.75) is 37.9 Å². The van der Waals surface area contributed by atoms with E-state index in [2.05, 4.69) is 10.3 Å². The van der Waals surface area contributed by atoms with Crippen LogP contribution in [0.5, 0.6) is 0 Å². The van der Waals surface area contributed by atoms with Crippen LogP contribution in [0.1, 0.15) is 24.8 Å². The van der Waals surface area contributed by atoms with E-state index in [4.69, 9.17) is 0 Å². The van der Waals surface area contributed by atoms with Crippen LogP contribution >= 0.6 is 0 Å². The van der Waals surface area contributed by atoms with Gasteiger partial charge in [-0.15, -0.1) is 0 Å². The molecule has 3 aliphatic heterocycles. The quantitative estimate of drug-likeness (QED) is 0.456. The van der Waals surface area contributed by atoms with Gasteiger partial charge in [0, 0.05) is 33.2 Å². The summed E-state index contributed by atoms with van der Waals surface area (Å²) in [4.78, 5) is 43.4. The molecule has 12 heteroatoms. The van der Waals surface area contributed by atoms with Crippen LogP contribution in [0.4, 0.5) is 4.39 Å². The first-order chi connectivity index (χ1) is 15.2. The molecule has 1 aromatic rings. The molecular formula is C20H24FN5O5S. The molecule has 10 nitrogen and oxygen atoms in total. The van der Waals surface area contributed by atoms with E-state index in [0.717, 1.165) is 6.42 Å². The minimum absolute atomic E-state index is 0.0261. The molecule has 0 spiro atoms. The summed E-state index contributed by atoms with van der Waals surface area (Å²) in [5, 5.41) is 2.55. The SMILES string of the molecule is CN([C@H]1CCCN2C(=O)C(=O)C(C(=O)NCc3ccc(F)cc3)N=C12)S(=O)(=O)N1CCC1. The molecule has 0 saturated carbocycles. The van der Waals surface area contributed by atoms with E-state index in [1.807, 2.05) is 0 Å². The highest BCUT2D eigenvalue weighted by Crippen LogP contribution is 2.26. The van der Waals surface area contributed by atoms with Gasteiger partial charge in [-0.2, -0.15) is 17.0 Å². The van der Waals surface area contributed by atoms with Gasteiger partial charge in [-0.3, -0.25) is 19.3 Å². The van der Waals surface area contributed by atoms with Crippen LogP contribution in [0.2, 0.25) is 0 Å². The van der Waals surface area contributed by atoms with E-state index in [1.165, 1.54) is 44.8 Å². The highest BCUT2D eigenvalue weighted by molar-refractivity contribution is 7.86. The van der Waals surface area contributed by atoms with Gasteiger partial charge in [0.25, 0.3) is 27.8 Å². The molecule has 0 radical (unpaired) electrons. The summed E-state index contributed by atoms with van der Waals surface area (Å²) in [7, 11) is -2.31. The molecule has 4 rings (SSSR count). The van der Waals surface area contributed by atoms with Crippen LogP contribution in [-0.4, -0.2) is 84.1 Å². The fourth-order valence-electron chi connectivity index (χ4n) is 3.94. The maximum atomic E-state index is 13.0. The number of aliphatic imine (C=N–C) groups is 1. The summed E-state index contributed by atoms with van der Waals surface area (Å²) in [5.74, 6) is -2.89. The molecule has 1 aromatic carbocycles. The lowest BCUT2D eigenvalue weighted by Gasteiger charge is -2.42. The molecular weight excluding hydrogens is 441 g/mol. The topological polar surface area (TPSA) is 119 Å². The van der Waals surface area contributed by atoms with Crippen LogP contribution in [0.15, 0.2) is 29.3 Å². The van der Waals surface area contributed by atoms with Crippen molar-refractivity contribution in [2.24, 2.45) is 4.99 Å². The molecule has 0 aliphatic carbocycles. The van der Waals surface area contributed by atoms with Gasteiger partial charge in [0.2, 0.25) is 0 Å². The van der Waals surface area contributed by atoms with Crippen molar-refractivity contribution in [1.29, 1.82) is 0 Å². The Morgan fingerprint density at radius 3 is 2.50 bits per heavy atom. The van der Waals surface area contributed by atoms with Gasteiger partial charge in [0.15, 0.2) is 6.04 Å². The van der Waals surface area contributed by atoms with E-state index in [-0.39, 0.29) is 18.9 Å². The van der Waals surface area contributed by atoms with Crippen LogP contribution in [0.25, 0.3) is 0 Å². The van der Waals surface area contributed by atoms with Gasteiger partial charge in [0.1, 0.15) is 11.7 Å². The lowest BCUT2D eigenvalue weighted by Crippen LogP contribution is -2.63. The van der Waals surface area contributed by atoms with Gasteiger partial charge < -0.3 is 5.32 Å². The number of nitrogens with zero attached hydrogens (tertiary/aromatic N) is 4. The van der Waals surface area contributed by atoms with Crippen molar-refractivity contribution in [3.05, 3.63) is 35.6 Å². The summed E-state index contributed by atoms with van der Waals surface area (Å²) < 4.78 is 41.3. The zero-order valence-corrected chi connectivity index (χ0v) is 18.3. The largest absolute Gasteiger partial charge is 0.350 e. The number of piperidine rings is 1. The Kier molecular flexibility index (Phi) is 6.10. The van der Waals surface area contributed by atoms with E-state index in [9.17, 15) is 27.2 Å². The first-order valence-corrected chi connectivity index (χ1v) is 11.8. The second kappa shape index (κ2) is 8.68. The first kappa shape index (κ1) is 22.5. The van der Waals surface area contributed by atoms with Crippen molar-refractivity contribution < 1.29 is 27.2 Å². The second-order valence-corrected chi connectivity index (χ2v) is 9.98. The van der Waals surface area contributed by atoms with Gasteiger partial charge in [-0.05, 0) is 37.0 Å². The molecule has 2 fully saturated rings. The molecule has 2 atom stereocenters. The fourth-order valence-corrected chi connectivity index (χ4v) is 5.54. The molecule has 32 heavy (non-hydrogen) atoms. The van der Waals surface area contributed by atoms with E-state index in [0.29, 0.717) is 31.5 Å². The molecule has 1 unspecified atom stereocenters. The van der Waals surface area contributed by atoms with Gasteiger partial charge in [0.05, 0.1) is 6.04 Å². The summed E-state index contributed by atoms with van der Waals surface area (Å²) in [6.45, 7) is 1.13. The van der Waals surface area contributed by atoms with E-state index >= 15 is 0 Å². The molecule has 3 heterocycles. The summed E-state index contributed by atoms with van der Waals surface area (Å²) in [6.07, 6.45) is 1.71. The Morgan fingerprint density at radius 2 is 1.88 bits per heavy atom. The Morgan fingerprint density at radius 1 is 1.19 bits per heavy atom. The number of rotatable bonds is 6. The van der Waals surface area contributed by atoms with Gasteiger partial charge in [-0.25, -0.2) is 9.38 Å². The van der Waals surface area contributed by atoms with Crippen LogP contribution < -0.4 is 5.32 Å². The molecule has 3 aliphatic rings. The number of halogens is 1. The molecule has 1 N–H and O–H groups in total. The van der Waals surface area contributed by atoms with E-state index in [1.54, 1.807) is 0 Å². The minimum atomic E-state index is -3.74. The zero-order valence-electron chi connectivity index (χ0n) is 17.5. The number of carbonyl (C=O) groups excluding carboxylic acids is 3. The number of fused-ring (bicyclic) bond motifs is 1. The predicted molar refractivity (Wildman–Crippen MR) is 112 cm³/mol. The molecule has 0 bridgehead atoms. The lowest BCUT2D eigenvalue weighted by atomic mass is 9.99. The molecule has 0 aromatic heterocycles. The average Bonchev–Trinajstić information content (AvgIpc) is 2.73. The van der Waals surface area contributed by atoms with Crippen molar-refractivity contribution in [3.63, 3.8) is 0 Å². The van der Waals surface area contributed by atoms with Crippen molar-refractivity contribution in [1.82, 2.24) is 18.8 Å². The van der Waals surface area contributed by atoms with Gasteiger partial charge >= 0.3 is 0 Å². The highest BCUT2D eigenvalue weighted by Gasteiger charge is 2.47. The number of amides is 2. The summed E-state index contributed by atoms with van der Waals surface area (Å²) >= 11 is 0. The molecule has 2 amide bonds. The summed E-state index contributed by atoms with van der Waals surface area (Å²) in [5.41, 5.74) is 0.611. The third-order valence-electron chi connectivity index (χ3n) is 5.97. The first-order valence-electron chi connectivity index (χ1n) is 10.4. The maximum absolute atomic E-state index is 13.0. The average molecular weight is 466 g/mol. The Bertz CT molecular complexity index is 1070. The number of carbonyl (C=O) groups is 3. The number of amidine groups is 1. The minimum Gasteiger partial charge on any atom is -0.350 e. The standard InChI is InChI=1S/C20H24FN5O5S/c1-24(32(30,31)25-9-3-10-25)15-4-2-11-26-18(15)23-16(17(27)20(26)29)19(28)22-12-13-5-7-14(21)8-6-13/h5-8,15-16H,2-4,9-12H2,1H3,(H,22,28)/t15-,16?/m0/s1. The van der Waals surface area contributed by atoms with Crippen LogP contribution in [0.3, 0.4) is 0 Å². The predicted octanol–water partition coefficient (Wildman–Crippen LogP) is -0.335. The second-order valence-electron chi connectivity index (χ2n) is 7.99. The lowest BCUT2D eigenvalue weighted by molar-refractivity contribution is -0.146. The van der Waals surface area contributed by atoms with Crippen molar-refractivity contribution in [3.8, 4) is 0 Å². The maximum Gasteiger partial charge on any atom is 0.298 e. The summed E-state index contributed by atoms with van der Waals surface area (Å²) in [6, 6.07) is 3.13. The van der Waals surface area contributed by atoms with Crippen LogP contribution in [-0.2, 0) is 31.1 Å². The number of hydrogen-bond acceptors (Lipinski definition) is 6. The Balaban J connectivity index is 1.56. The number of Topliss-reactive ketones (excluding diaryl/α,β-unsaturated/α-hetero) is 1. The normalized spacial score (nSPS) is 24.1. The third-order valence-corrected chi connectivity index (χ3v) is 7.97.